The van der Waals surface area contributed by atoms with E-state index in [0.717, 1.165) is 19.3 Å². The monoisotopic (exact) mass is 604 g/mol. The van der Waals surface area contributed by atoms with E-state index in [4.69, 9.17) is 11.6 Å². The lowest BCUT2D eigenvalue weighted by Crippen LogP contribution is -2.31. The maximum Gasteiger partial charge on any atom is 0.264 e. The molecular weight excluding hydrogens is 572 g/mol. The van der Waals surface area contributed by atoms with Crippen molar-refractivity contribution in [2.45, 2.75) is 42.9 Å². The number of amides is 1. The van der Waals surface area contributed by atoms with E-state index in [1.807, 2.05) is 4.90 Å². The molecule has 2 N–H and O–H groups in total. The van der Waals surface area contributed by atoms with Crippen LogP contribution < -0.4 is 14.9 Å². The molecule has 40 heavy (non-hydrogen) atoms. The highest BCUT2D eigenvalue weighted by Gasteiger charge is 2.26. The Morgan fingerprint density at radius 3 is 2.27 bits per heavy atom. The van der Waals surface area contributed by atoms with Crippen LogP contribution in [-0.4, -0.2) is 53.2 Å². The van der Waals surface area contributed by atoms with Crippen LogP contribution in [0.3, 0.4) is 0 Å². The number of rotatable bonds is 10. The number of hydrogen-bond acceptors (Lipinski definition) is 6. The van der Waals surface area contributed by atoms with Gasteiger partial charge < -0.3 is 10.2 Å². The first kappa shape index (κ1) is 29.9. The molecule has 0 spiro atoms. The van der Waals surface area contributed by atoms with Crippen LogP contribution in [0.15, 0.2) is 76.5 Å². The molecule has 0 aliphatic carbocycles. The predicted octanol–water partition coefficient (Wildman–Crippen LogP) is 5.41. The van der Waals surface area contributed by atoms with Gasteiger partial charge >= 0.3 is 0 Å². The number of nitrogens with one attached hydrogen (secondary N) is 2. The van der Waals surface area contributed by atoms with E-state index in [1.54, 1.807) is 50.2 Å². The zero-order valence-electron chi connectivity index (χ0n) is 22.4. The Hall–Kier alpha value is -3.12. The highest BCUT2D eigenvalue weighted by Crippen LogP contribution is 2.33. The molecule has 214 valence electrons. The van der Waals surface area contributed by atoms with Crippen molar-refractivity contribution in [1.29, 1.82) is 0 Å². The Labute approximate surface area is 241 Å². The number of nitrogens with zero attached hydrogens (tertiary/aromatic N) is 2. The minimum absolute atomic E-state index is 0.00461. The van der Waals surface area contributed by atoms with Crippen molar-refractivity contribution in [1.82, 2.24) is 4.31 Å². The number of carbonyl (C=O) groups is 1. The molecule has 1 saturated heterocycles. The number of anilines is 3. The van der Waals surface area contributed by atoms with E-state index in [0.29, 0.717) is 31.9 Å². The molecule has 1 amide bonds. The van der Waals surface area contributed by atoms with Crippen LogP contribution in [0.4, 0.5) is 17.1 Å². The normalized spacial score (nSPS) is 14.2. The van der Waals surface area contributed by atoms with E-state index in [1.165, 1.54) is 34.6 Å². The Morgan fingerprint density at radius 1 is 0.900 bits per heavy atom. The van der Waals surface area contributed by atoms with Gasteiger partial charge in [0.05, 0.1) is 21.3 Å². The lowest BCUT2D eigenvalue weighted by molar-refractivity contribution is 0.102. The molecule has 0 atom stereocenters. The molecule has 1 heterocycles. The topological polar surface area (TPSA) is 116 Å². The average Bonchev–Trinajstić information content (AvgIpc) is 2.95. The van der Waals surface area contributed by atoms with Gasteiger partial charge in [-0.05, 0) is 67.8 Å². The van der Waals surface area contributed by atoms with Gasteiger partial charge in [0.2, 0.25) is 10.0 Å². The van der Waals surface area contributed by atoms with Crippen LogP contribution >= 0.6 is 11.6 Å². The maximum atomic E-state index is 13.6. The fraction of sp³-hybridized carbons (Fsp3) is 0.321. The molecule has 4 rings (SSSR count). The van der Waals surface area contributed by atoms with Crippen LogP contribution in [-0.2, 0) is 20.0 Å². The molecule has 0 bridgehead atoms. The fourth-order valence-corrected chi connectivity index (χ4v) is 7.74. The van der Waals surface area contributed by atoms with Gasteiger partial charge in [-0.3, -0.25) is 9.52 Å². The number of piperidine rings is 1. The summed E-state index contributed by atoms with van der Waals surface area (Å²) in [5.74, 6) is -0.565. The second-order valence-electron chi connectivity index (χ2n) is 9.39. The SMILES string of the molecule is CCN(CC)S(=O)(=O)c1cccc(C(=O)Nc2ccc(N3CCCCC3)c(S(=O)(=O)Nc3ccccc3Cl)c2)c1. The average molecular weight is 605 g/mol. The zero-order chi connectivity index (χ0) is 28.9. The third-order valence-corrected chi connectivity index (χ3v) is 10.5. The van der Waals surface area contributed by atoms with E-state index in [9.17, 15) is 21.6 Å². The number of carbonyl (C=O) groups excluding carboxylic acids is 1. The Morgan fingerprint density at radius 2 is 1.60 bits per heavy atom. The summed E-state index contributed by atoms with van der Waals surface area (Å²) in [6.45, 7) is 5.53. The molecule has 3 aromatic carbocycles. The number of benzene rings is 3. The van der Waals surface area contributed by atoms with Gasteiger partial charge in [0, 0.05) is 37.4 Å². The largest absolute Gasteiger partial charge is 0.370 e. The fourth-order valence-electron chi connectivity index (χ4n) is 4.66. The standard InChI is InChI=1S/C28H33ClN4O5S2/c1-3-33(4-2)40(37,38)23-12-10-11-21(19-23)28(34)30-22-15-16-26(32-17-8-5-9-18-32)27(20-22)39(35,36)31-25-14-7-6-13-24(25)29/h6-7,10-16,19-20,31H,3-5,8-9,17-18H2,1-2H3,(H,30,34). The lowest BCUT2D eigenvalue weighted by atomic mass is 10.1. The number of hydrogen-bond donors (Lipinski definition) is 2. The Balaban J connectivity index is 1.67. The minimum atomic E-state index is -4.09. The quantitative estimate of drug-likeness (QED) is 0.319. The van der Waals surface area contributed by atoms with Crippen molar-refractivity contribution in [3.8, 4) is 0 Å². The molecule has 1 fully saturated rings. The first-order valence-electron chi connectivity index (χ1n) is 13.1. The summed E-state index contributed by atoms with van der Waals surface area (Å²) in [6.07, 6.45) is 2.97. The number of para-hydroxylation sites is 1. The molecule has 0 saturated carbocycles. The molecule has 3 aromatic rings. The maximum absolute atomic E-state index is 13.6. The van der Waals surface area contributed by atoms with Crippen molar-refractivity contribution in [3.63, 3.8) is 0 Å². The van der Waals surface area contributed by atoms with E-state index in [-0.39, 0.29) is 31.8 Å². The Kier molecular flexibility index (Phi) is 9.40. The summed E-state index contributed by atoms with van der Waals surface area (Å²) >= 11 is 6.22. The molecule has 1 aliphatic rings. The van der Waals surface area contributed by atoms with Gasteiger partial charge in [0.25, 0.3) is 15.9 Å². The lowest BCUT2D eigenvalue weighted by Gasteiger charge is -2.30. The molecule has 1 aliphatic heterocycles. The van der Waals surface area contributed by atoms with Crippen LogP contribution in [0.5, 0.6) is 0 Å². The van der Waals surface area contributed by atoms with Gasteiger partial charge in [-0.25, -0.2) is 16.8 Å². The van der Waals surface area contributed by atoms with Crippen molar-refractivity contribution < 1.29 is 21.6 Å². The Bertz CT molecular complexity index is 1590. The first-order chi connectivity index (χ1) is 19.1. The van der Waals surface area contributed by atoms with Gasteiger partial charge in [-0.1, -0.05) is 43.6 Å². The molecule has 0 unspecified atom stereocenters. The molecule has 9 nitrogen and oxygen atoms in total. The van der Waals surface area contributed by atoms with Gasteiger partial charge in [-0.2, -0.15) is 4.31 Å². The van der Waals surface area contributed by atoms with Crippen LogP contribution in [0.25, 0.3) is 0 Å². The first-order valence-corrected chi connectivity index (χ1v) is 16.4. The third kappa shape index (κ3) is 6.60. The predicted molar refractivity (Wildman–Crippen MR) is 159 cm³/mol. The molecule has 0 aromatic heterocycles. The summed E-state index contributed by atoms with van der Waals surface area (Å²) in [5.41, 5.74) is 1.16. The van der Waals surface area contributed by atoms with E-state index >= 15 is 0 Å². The van der Waals surface area contributed by atoms with Crippen molar-refractivity contribution in [3.05, 3.63) is 77.3 Å². The highest BCUT2D eigenvalue weighted by molar-refractivity contribution is 7.93. The van der Waals surface area contributed by atoms with Crippen molar-refractivity contribution in [2.75, 3.05) is 41.1 Å². The van der Waals surface area contributed by atoms with Crippen molar-refractivity contribution >= 4 is 54.6 Å². The second-order valence-corrected chi connectivity index (χ2v) is 13.4. The summed E-state index contributed by atoms with van der Waals surface area (Å²) in [7, 11) is -7.85. The number of halogens is 1. The summed E-state index contributed by atoms with van der Waals surface area (Å²) < 4.78 is 57.0. The molecule has 12 heteroatoms. The summed E-state index contributed by atoms with van der Waals surface area (Å²) in [4.78, 5) is 15.2. The van der Waals surface area contributed by atoms with E-state index < -0.39 is 26.0 Å². The zero-order valence-corrected chi connectivity index (χ0v) is 24.8. The summed E-state index contributed by atoms with van der Waals surface area (Å²) in [5, 5.41) is 2.99. The van der Waals surface area contributed by atoms with Crippen LogP contribution in [0.2, 0.25) is 5.02 Å². The van der Waals surface area contributed by atoms with Crippen molar-refractivity contribution in [2.24, 2.45) is 0 Å². The molecule has 0 radical (unpaired) electrons. The number of sulfonamides is 2. The summed E-state index contributed by atoms with van der Waals surface area (Å²) in [6, 6.07) is 17.1. The van der Waals surface area contributed by atoms with Crippen LogP contribution in [0, 0.1) is 0 Å². The van der Waals surface area contributed by atoms with Gasteiger partial charge in [0.15, 0.2) is 0 Å². The minimum Gasteiger partial charge on any atom is -0.370 e. The second kappa shape index (κ2) is 12.6. The highest BCUT2D eigenvalue weighted by atomic mass is 35.5. The van der Waals surface area contributed by atoms with Crippen LogP contribution in [0.1, 0.15) is 43.5 Å². The third-order valence-electron chi connectivity index (χ3n) is 6.76. The van der Waals surface area contributed by atoms with E-state index in [2.05, 4.69) is 10.0 Å². The van der Waals surface area contributed by atoms with Gasteiger partial charge in [-0.15, -0.1) is 0 Å². The molecular formula is C28H33ClN4O5S2. The smallest absolute Gasteiger partial charge is 0.264 e. The van der Waals surface area contributed by atoms with Gasteiger partial charge in [0.1, 0.15) is 4.90 Å².